The summed E-state index contributed by atoms with van der Waals surface area (Å²) >= 11 is 1.45. The molecule has 0 bridgehead atoms. The van der Waals surface area contributed by atoms with E-state index in [1.807, 2.05) is 37.3 Å². The summed E-state index contributed by atoms with van der Waals surface area (Å²) in [4.78, 5) is 20.6. The van der Waals surface area contributed by atoms with Crippen LogP contribution in [0, 0.1) is 0 Å². The van der Waals surface area contributed by atoms with Crippen molar-refractivity contribution < 1.29 is 9.53 Å². The predicted molar refractivity (Wildman–Crippen MR) is 90.9 cm³/mol. The quantitative estimate of drug-likeness (QED) is 0.816. The molecule has 6 nitrogen and oxygen atoms in total. The largest absolute Gasteiger partial charge is 0.461 e. The van der Waals surface area contributed by atoms with Crippen LogP contribution in [0.1, 0.15) is 13.8 Å². The first-order chi connectivity index (χ1) is 10.7. The number of carbonyl (C=O) groups is 1. The standard InChI is InChI=1S/C15H18N4O2S/c1-3-21-14(20)12-13(22-4-2)19-15(17-10-16-12)18-11-8-6-5-7-9-11/h5-10H,3-4H2,1-2H3,(H2,16,17,18,19). The molecule has 1 aromatic rings. The zero-order valence-electron chi connectivity index (χ0n) is 12.5. The molecule has 0 amide bonds. The highest BCUT2D eigenvalue weighted by atomic mass is 32.2. The van der Waals surface area contributed by atoms with Crippen LogP contribution < -0.4 is 10.6 Å². The van der Waals surface area contributed by atoms with Crippen molar-refractivity contribution in [3.05, 3.63) is 41.1 Å². The van der Waals surface area contributed by atoms with E-state index < -0.39 is 5.97 Å². The van der Waals surface area contributed by atoms with Gasteiger partial charge in [-0.25, -0.2) is 14.8 Å². The Hall–Kier alpha value is -2.28. The zero-order valence-corrected chi connectivity index (χ0v) is 13.3. The minimum absolute atomic E-state index is 0.308. The van der Waals surface area contributed by atoms with Gasteiger partial charge in [-0.3, -0.25) is 0 Å². The average Bonchev–Trinajstić information content (AvgIpc) is 2.71. The van der Waals surface area contributed by atoms with E-state index in [0.717, 1.165) is 11.4 Å². The topological polar surface area (TPSA) is 75.1 Å². The second-order valence-electron chi connectivity index (χ2n) is 4.16. The number of aliphatic imine (C=N–C) groups is 2. The van der Waals surface area contributed by atoms with Gasteiger partial charge >= 0.3 is 5.97 Å². The number of para-hydroxylation sites is 1. The first-order valence-corrected chi connectivity index (χ1v) is 7.97. The number of nitrogens with zero attached hydrogens (tertiary/aromatic N) is 2. The minimum Gasteiger partial charge on any atom is -0.461 e. The summed E-state index contributed by atoms with van der Waals surface area (Å²) in [6.07, 6.45) is 1.43. The third kappa shape index (κ3) is 4.36. The summed E-state index contributed by atoms with van der Waals surface area (Å²) in [5.74, 6) is 0.755. The molecule has 2 N–H and O–H groups in total. The molecule has 7 heteroatoms. The van der Waals surface area contributed by atoms with E-state index in [9.17, 15) is 4.79 Å². The monoisotopic (exact) mass is 318 g/mol. The Morgan fingerprint density at radius 2 is 2.09 bits per heavy atom. The van der Waals surface area contributed by atoms with E-state index in [1.54, 1.807) is 6.92 Å². The van der Waals surface area contributed by atoms with E-state index in [0.29, 0.717) is 23.3 Å². The minimum atomic E-state index is -0.436. The van der Waals surface area contributed by atoms with Crippen LogP contribution in [-0.2, 0) is 9.53 Å². The maximum atomic E-state index is 12.0. The Morgan fingerprint density at radius 1 is 1.32 bits per heavy atom. The van der Waals surface area contributed by atoms with Gasteiger partial charge in [0.1, 0.15) is 5.03 Å². The van der Waals surface area contributed by atoms with E-state index in [1.165, 1.54) is 18.1 Å². The highest BCUT2D eigenvalue weighted by Crippen LogP contribution is 2.22. The van der Waals surface area contributed by atoms with Crippen molar-refractivity contribution in [1.29, 1.82) is 0 Å². The van der Waals surface area contributed by atoms with Gasteiger partial charge in [0, 0.05) is 5.69 Å². The molecule has 1 aliphatic rings. The number of carbonyl (C=O) groups excluding carboxylic acids is 1. The second kappa shape index (κ2) is 8.23. The summed E-state index contributed by atoms with van der Waals surface area (Å²) < 4.78 is 5.04. The SMILES string of the molecule is CCOC(=O)C1=C(SCC)N=C(Nc2ccccc2)N=CN1. The number of thioether (sulfide) groups is 1. The molecular formula is C15H18N4O2S. The highest BCUT2D eigenvalue weighted by molar-refractivity contribution is 8.03. The third-order valence-electron chi connectivity index (χ3n) is 2.61. The molecule has 0 aliphatic carbocycles. The van der Waals surface area contributed by atoms with Crippen LogP contribution in [0.3, 0.4) is 0 Å². The van der Waals surface area contributed by atoms with Crippen LogP contribution in [0.5, 0.6) is 0 Å². The Morgan fingerprint density at radius 3 is 2.77 bits per heavy atom. The van der Waals surface area contributed by atoms with Gasteiger partial charge in [0.25, 0.3) is 0 Å². The molecule has 0 saturated heterocycles. The van der Waals surface area contributed by atoms with E-state index in [-0.39, 0.29) is 0 Å². The van der Waals surface area contributed by atoms with Crippen LogP contribution in [0.25, 0.3) is 0 Å². The van der Waals surface area contributed by atoms with Crippen molar-refractivity contribution >= 4 is 35.7 Å². The van der Waals surface area contributed by atoms with Crippen molar-refractivity contribution in [3.8, 4) is 0 Å². The van der Waals surface area contributed by atoms with Gasteiger partial charge in [-0.2, -0.15) is 0 Å². The number of rotatable bonds is 5. The van der Waals surface area contributed by atoms with Gasteiger partial charge < -0.3 is 15.4 Å². The fraction of sp³-hybridized carbons (Fsp3) is 0.267. The Kier molecular flexibility index (Phi) is 6.02. The third-order valence-corrected chi connectivity index (χ3v) is 3.47. The van der Waals surface area contributed by atoms with Crippen LogP contribution in [0.2, 0.25) is 0 Å². The van der Waals surface area contributed by atoms with Crippen LogP contribution in [0.4, 0.5) is 5.69 Å². The van der Waals surface area contributed by atoms with Crippen LogP contribution in [0.15, 0.2) is 51.0 Å². The normalized spacial score (nSPS) is 14.0. The number of esters is 1. The lowest BCUT2D eigenvalue weighted by atomic mass is 10.3. The molecule has 1 aliphatic heterocycles. The predicted octanol–water partition coefficient (Wildman–Crippen LogP) is 2.57. The lowest BCUT2D eigenvalue weighted by molar-refractivity contribution is -0.138. The van der Waals surface area contributed by atoms with Crippen molar-refractivity contribution in [2.24, 2.45) is 9.98 Å². The average molecular weight is 318 g/mol. The van der Waals surface area contributed by atoms with Crippen molar-refractivity contribution in [1.82, 2.24) is 5.32 Å². The molecule has 1 heterocycles. The maximum Gasteiger partial charge on any atom is 0.357 e. The molecule has 0 fully saturated rings. The number of ether oxygens (including phenoxy) is 1. The molecule has 2 rings (SSSR count). The lowest BCUT2D eigenvalue weighted by Gasteiger charge is -2.08. The van der Waals surface area contributed by atoms with Gasteiger partial charge in [-0.1, -0.05) is 25.1 Å². The maximum absolute atomic E-state index is 12.0. The molecule has 0 aromatic heterocycles. The zero-order chi connectivity index (χ0) is 15.8. The molecule has 0 atom stereocenters. The molecule has 0 radical (unpaired) electrons. The number of anilines is 1. The fourth-order valence-corrected chi connectivity index (χ4v) is 2.41. The summed E-state index contributed by atoms with van der Waals surface area (Å²) in [5.41, 5.74) is 1.18. The first kappa shape index (κ1) is 16.1. The molecule has 1 aromatic carbocycles. The Balaban J connectivity index is 2.27. The molecule has 0 spiro atoms. The fourth-order valence-electron chi connectivity index (χ4n) is 1.70. The summed E-state index contributed by atoms with van der Waals surface area (Å²) in [6.45, 7) is 4.07. The van der Waals surface area contributed by atoms with E-state index in [2.05, 4.69) is 20.6 Å². The van der Waals surface area contributed by atoms with Crippen LogP contribution >= 0.6 is 11.8 Å². The second-order valence-corrected chi connectivity index (χ2v) is 5.42. The van der Waals surface area contributed by atoms with Crippen molar-refractivity contribution in [3.63, 3.8) is 0 Å². The van der Waals surface area contributed by atoms with Gasteiger partial charge in [-0.05, 0) is 24.8 Å². The van der Waals surface area contributed by atoms with E-state index in [4.69, 9.17) is 4.74 Å². The number of nitrogens with one attached hydrogen (secondary N) is 2. The van der Waals surface area contributed by atoms with Gasteiger partial charge in [0.05, 0.1) is 12.9 Å². The number of benzene rings is 1. The van der Waals surface area contributed by atoms with Gasteiger partial charge in [0.2, 0.25) is 5.96 Å². The Bertz CT molecular complexity index is 611. The van der Waals surface area contributed by atoms with E-state index >= 15 is 0 Å². The van der Waals surface area contributed by atoms with Gasteiger partial charge in [0.15, 0.2) is 5.70 Å². The summed E-state index contributed by atoms with van der Waals surface area (Å²) in [5, 5.41) is 6.52. The van der Waals surface area contributed by atoms with Gasteiger partial charge in [-0.15, -0.1) is 11.8 Å². The molecule has 22 heavy (non-hydrogen) atoms. The van der Waals surface area contributed by atoms with Crippen LogP contribution in [-0.4, -0.2) is 30.6 Å². The van der Waals surface area contributed by atoms with Crippen molar-refractivity contribution in [2.45, 2.75) is 13.8 Å². The molecule has 0 saturated carbocycles. The highest BCUT2D eigenvalue weighted by Gasteiger charge is 2.19. The smallest absolute Gasteiger partial charge is 0.357 e. The number of hydrogen-bond donors (Lipinski definition) is 2. The Labute approximate surface area is 133 Å². The molecule has 116 valence electrons. The first-order valence-electron chi connectivity index (χ1n) is 6.98. The summed E-state index contributed by atoms with van der Waals surface area (Å²) in [6, 6.07) is 9.60. The number of guanidine groups is 1. The molecule has 0 unspecified atom stereocenters. The molecular weight excluding hydrogens is 300 g/mol. The van der Waals surface area contributed by atoms with Crippen molar-refractivity contribution in [2.75, 3.05) is 17.7 Å². The lowest BCUT2D eigenvalue weighted by Crippen LogP contribution is -2.22. The number of hydrogen-bond acceptors (Lipinski definition) is 7. The summed E-state index contributed by atoms with van der Waals surface area (Å²) in [7, 11) is 0.